The van der Waals surface area contributed by atoms with Gasteiger partial charge in [-0.1, -0.05) is 24.3 Å². The van der Waals surface area contributed by atoms with E-state index in [1.807, 2.05) is 37.3 Å². The predicted molar refractivity (Wildman–Crippen MR) is 86.2 cm³/mol. The molecule has 22 heavy (non-hydrogen) atoms. The molecule has 0 saturated carbocycles. The molecule has 1 saturated heterocycles. The number of rotatable bonds is 4. The molecule has 1 atom stereocenters. The Kier molecular flexibility index (Phi) is 5.75. The number of esters is 1. The van der Waals surface area contributed by atoms with Crippen LogP contribution in [0.1, 0.15) is 30.9 Å². The van der Waals surface area contributed by atoms with E-state index in [-0.39, 0.29) is 17.8 Å². The van der Waals surface area contributed by atoms with Gasteiger partial charge in [-0.15, -0.1) is 0 Å². The minimum Gasteiger partial charge on any atom is -0.466 e. The van der Waals surface area contributed by atoms with Crippen LogP contribution in [-0.4, -0.2) is 36.5 Å². The summed E-state index contributed by atoms with van der Waals surface area (Å²) in [5.74, 6) is -0.426. The zero-order valence-electron chi connectivity index (χ0n) is 13.2. The van der Waals surface area contributed by atoms with E-state index < -0.39 is 0 Å². The van der Waals surface area contributed by atoms with Gasteiger partial charge in [0.2, 0.25) is 5.91 Å². The van der Waals surface area contributed by atoms with Crippen molar-refractivity contribution in [2.45, 2.75) is 26.7 Å². The van der Waals surface area contributed by atoms with Crippen LogP contribution in [0.2, 0.25) is 0 Å². The van der Waals surface area contributed by atoms with E-state index in [1.54, 1.807) is 17.9 Å². The van der Waals surface area contributed by atoms with E-state index in [9.17, 15) is 9.59 Å². The standard InChI is InChI=1S/C18H23NO3/c1-3-22-18(21)16-9-6-12-19(13-16)17(20)11-10-15-8-5-4-7-14(15)2/h4-5,7-8,10-11,16H,3,6,9,12-13H2,1-2H3/b11-10+/t16-/m1/s1. The molecular weight excluding hydrogens is 278 g/mol. The molecule has 0 aliphatic carbocycles. The number of aryl methyl sites for hydroxylation is 1. The van der Waals surface area contributed by atoms with Gasteiger partial charge in [-0.05, 0) is 43.9 Å². The third-order valence-corrected chi connectivity index (χ3v) is 3.95. The van der Waals surface area contributed by atoms with Gasteiger partial charge in [0.05, 0.1) is 12.5 Å². The van der Waals surface area contributed by atoms with Gasteiger partial charge in [0.1, 0.15) is 0 Å². The van der Waals surface area contributed by atoms with Gasteiger partial charge in [-0.25, -0.2) is 0 Å². The molecule has 1 amide bonds. The van der Waals surface area contributed by atoms with Gasteiger partial charge in [-0.2, -0.15) is 0 Å². The first-order valence-electron chi connectivity index (χ1n) is 7.81. The number of likely N-dealkylation sites (tertiary alicyclic amines) is 1. The van der Waals surface area contributed by atoms with Crippen molar-refractivity contribution in [2.75, 3.05) is 19.7 Å². The van der Waals surface area contributed by atoms with E-state index in [2.05, 4.69) is 0 Å². The van der Waals surface area contributed by atoms with Gasteiger partial charge in [0.15, 0.2) is 0 Å². The molecule has 1 fully saturated rings. The first kappa shape index (κ1) is 16.3. The molecule has 1 aromatic carbocycles. The largest absolute Gasteiger partial charge is 0.466 e. The highest BCUT2D eigenvalue weighted by Crippen LogP contribution is 2.18. The maximum absolute atomic E-state index is 12.3. The fourth-order valence-corrected chi connectivity index (χ4v) is 2.67. The fraction of sp³-hybridized carbons (Fsp3) is 0.444. The second kappa shape index (κ2) is 7.78. The molecule has 1 heterocycles. The quantitative estimate of drug-likeness (QED) is 0.634. The molecule has 118 valence electrons. The normalized spacial score (nSPS) is 18.5. The summed E-state index contributed by atoms with van der Waals surface area (Å²) in [6, 6.07) is 7.93. The van der Waals surface area contributed by atoms with Crippen LogP contribution in [0, 0.1) is 12.8 Å². The van der Waals surface area contributed by atoms with Crippen LogP contribution in [0.15, 0.2) is 30.3 Å². The highest BCUT2D eigenvalue weighted by Gasteiger charge is 2.28. The van der Waals surface area contributed by atoms with Crippen LogP contribution < -0.4 is 0 Å². The van der Waals surface area contributed by atoms with Crippen molar-refractivity contribution in [1.29, 1.82) is 0 Å². The smallest absolute Gasteiger partial charge is 0.310 e. The lowest BCUT2D eigenvalue weighted by Gasteiger charge is -2.30. The molecule has 1 aliphatic heterocycles. The summed E-state index contributed by atoms with van der Waals surface area (Å²) in [5.41, 5.74) is 2.17. The van der Waals surface area contributed by atoms with Crippen molar-refractivity contribution in [3.63, 3.8) is 0 Å². The topological polar surface area (TPSA) is 46.6 Å². The van der Waals surface area contributed by atoms with Crippen molar-refractivity contribution in [1.82, 2.24) is 4.90 Å². The second-order valence-electron chi connectivity index (χ2n) is 5.57. The fourth-order valence-electron chi connectivity index (χ4n) is 2.67. The van der Waals surface area contributed by atoms with Crippen LogP contribution in [0.25, 0.3) is 6.08 Å². The van der Waals surface area contributed by atoms with E-state index in [0.29, 0.717) is 19.7 Å². The first-order valence-corrected chi connectivity index (χ1v) is 7.81. The van der Waals surface area contributed by atoms with Crippen LogP contribution in [0.3, 0.4) is 0 Å². The molecule has 0 radical (unpaired) electrons. The minimum atomic E-state index is -0.192. The molecule has 4 heteroatoms. The van der Waals surface area contributed by atoms with Crippen molar-refractivity contribution in [2.24, 2.45) is 5.92 Å². The maximum atomic E-state index is 12.3. The van der Waals surface area contributed by atoms with E-state index >= 15 is 0 Å². The molecule has 1 aliphatic rings. The van der Waals surface area contributed by atoms with Gasteiger partial charge >= 0.3 is 5.97 Å². The summed E-state index contributed by atoms with van der Waals surface area (Å²) in [5, 5.41) is 0. The SMILES string of the molecule is CCOC(=O)[C@@H]1CCCN(C(=O)/C=C/c2ccccc2C)C1. The van der Waals surface area contributed by atoms with Gasteiger partial charge in [0, 0.05) is 19.2 Å². The number of piperidine rings is 1. The third-order valence-electron chi connectivity index (χ3n) is 3.95. The number of carbonyl (C=O) groups is 2. The number of hydrogen-bond acceptors (Lipinski definition) is 3. The van der Waals surface area contributed by atoms with Crippen LogP contribution in [0.4, 0.5) is 0 Å². The number of amides is 1. The van der Waals surface area contributed by atoms with Gasteiger partial charge in [-0.3, -0.25) is 9.59 Å². The molecule has 1 aromatic rings. The molecule has 0 aromatic heterocycles. The Hall–Kier alpha value is -2.10. The molecule has 2 rings (SSSR count). The van der Waals surface area contributed by atoms with E-state index in [1.165, 1.54) is 0 Å². The highest BCUT2D eigenvalue weighted by molar-refractivity contribution is 5.92. The van der Waals surface area contributed by atoms with E-state index in [0.717, 1.165) is 24.0 Å². The summed E-state index contributed by atoms with van der Waals surface area (Å²) < 4.78 is 5.06. The van der Waals surface area contributed by atoms with Crippen molar-refractivity contribution in [3.8, 4) is 0 Å². The molecule has 4 nitrogen and oxygen atoms in total. The Morgan fingerprint density at radius 3 is 2.86 bits per heavy atom. The number of ether oxygens (including phenoxy) is 1. The summed E-state index contributed by atoms with van der Waals surface area (Å²) in [6.45, 7) is 5.36. The van der Waals surface area contributed by atoms with Gasteiger partial charge < -0.3 is 9.64 Å². The Bertz CT molecular complexity index is 565. The second-order valence-corrected chi connectivity index (χ2v) is 5.57. The molecule has 0 unspecified atom stereocenters. The first-order chi connectivity index (χ1) is 10.6. The number of nitrogens with zero attached hydrogens (tertiary/aromatic N) is 1. The monoisotopic (exact) mass is 301 g/mol. The zero-order valence-corrected chi connectivity index (χ0v) is 13.2. The van der Waals surface area contributed by atoms with Crippen LogP contribution in [0.5, 0.6) is 0 Å². The van der Waals surface area contributed by atoms with Crippen LogP contribution >= 0.6 is 0 Å². The average Bonchev–Trinajstić information content (AvgIpc) is 2.54. The van der Waals surface area contributed by atoms with Crippen LogP contribution in [-0.2, 0) is 14.3 Å². The summed E-state index contributed by atoms with van der Waals surface area (Å²) >= 11 is 0. The molecule has 0 N–H and O–H groups in total. The third kappa shape index (κ3) is 4.20. The Labute approximate surface area is 131 Å². The minimum absolute atomic E-state index is 0.0442. The molecule has 0 bridgehead atoms. The number of carbonyl (C=O) groups excluding carboxylic acids is 2. The average molecular weight is 301 g/mol. The molecule has 0 spiro atoms. The Morgan fingerprint density at radius 1 is 1.36 bits per heavy atom. The van der Waals surface area contributed by atoms with Crippen molar-refractivity contribution >= 4 is 18.0 Å². The lowest BCUT2D eigenvalue weighted by atomic mass is 9.98. The van der Waals surface area contributed by atoms with Crippen molar-refractivity contribution < 1.29 is 14.3 Å². The lowest BCUT2D eigenvalue weighted by Crippen LogP contribution is -2.42. The Morgan fingerprint density at radius 2 is 2.14 bits per heavy atom. The maximum Gasteiger partial charge on any atom is 0.310 e. The number of hydrogen-bond donors (Lipinski definition) is 0. The summed E-state index contributed by atoms with van der Waals surface area (Å²) in [4.78, 5) is 25.8. The lowest BCUT2D eigenvalue weighted by molar-refractivity contribution is -0.150. The highest BCUT2D eigenvalue weighted by atomic mass is 16.5. The van der Waals surface area contributed by atoms with Gasteiger partial charge in [0.25, 0.3) is 0 Å². The summed E-state index contributed by atoms with van der Waals surface area (Å²) in [6.07, 6.45) is 5.07. The summed E-state index contributed by atoms with van der Waals surface area (Å²) in [7, 11) is 0. The zero-order chi connectivity index (χ0) is 15.9. The van der Waals surface area contributed by atoms with Crippen molar-refractivity contribution in [3.05, 3.63) is 41.5 Å². The predicted octanol–water partition coefficient (Wildman–Crippen LogP) is 2.81. The Balaban J connectivity index is 1.97. The number of benzene rings is 1. The molecular formula is C18H23NO3. The van der Waals surface area contributed by atoms with E-state index in [4.69, 9.17) is 4.74 Å².